The van der Waals surface area contributed by atoms with E-state index in [2.05, 4.69) is 4.98 Å². The molecular weight excluding hydrogens is 147 g/mol. The van der Waals surface area contributed by atoms with Crippen LogP contribution in [0.4, 0.5) is 10.1 Å². The highest BCUT2D eigenvalue weighted by Crippen LogP contribution is 2.10. The van der Waals surface area contributed by atoms with Crippen LogP contribution in [0.3, 0.4) is 0 Å². The van der Waals surface area contributed by atoms with Gasteiger partial charge in [0.2, 0.25) is 5.95 Å². The number of Topliss-reactive ketones (excluding diaryl/α,β-unsaturated/α-hetero) is 1. The van der Waals surface area contributed by atoms with Gasteiger partial charge >= 0.3 is 0 Å². The Balaban J connectivity index is 3.23. The van der Waals surface area contributed by atoms with Gasteiger partial charge in [-0.25, -0.2) is 4.98 Å². The predicted molar refractivity (Wildman–Crippen MR) is 38.6 cm³/mol. The molecule has 0 radical (unpaired) electrons. The second-order valence-electron chi connectivity index (χ2n) is 2.15. The quantitative estimate of drug-likeness (QED) is 0.485. The lowest BCUT2D eigenvalue weighted by molar-refractivity contribution is 0.101. The minimum absolute atomic E-state index is 0.178. The van der Waals surface area contributed by atoms with Gasteiger partial charge in [-0.15, -0.1) is 0 Å². The Bertz CT molecular complexity index is 298. The molecule has 0 aliphatic rings. The minimum Gasteiger partial charge on any atom is -0.397 e. The second-order valence-corrected chi connectivity index (χ2v) is 2.15. The molecule has 1 aromatic rings. The van der Waals surface area contributed by atoms with Gasteiger partial charge < -0.3 is 5.73 Å². The number of anilines is 1. The number of halogens is 1. The van der Waals surface area contributed by atoms with Crippen molar-refractivity contribution in [2.24, 2.45) is 0 Å². The molecule has 11 heavy (non-hydrogen) atoms. The molecule has 0 fully saturated rings. The highest BCUT2D eigenvalue weighted by molar-refractivity contribution is 5.98. The molecule has 0 bridgehead atoms. The van der Waals surface area contributed by atoms with Crippen molar-refractivity contribution < 1.29 is 9.18 Å². The highest BCUT2D eigenvalue weighted by Gasteiger charge is 2.05. The zero-order valence-corrected chi connectivity index (χ0v) is 5.97. The number of pyridine rings is 1. The lowest BCUT2D eigenvalue weighted by atomic mass is 10.2. The van der Waals surface area contributed by atoms with Crippen molar-refractivity contribution in [2.45, 2.75) is 6.92 Å². The third kappa shape index (κ3) is 1.52. The molecule has 0 saturated carbocycles. The molecule has 0 amide bonds. The number of ketones is 1. The summed E-state index contributed by atoms with van der Waals surface area (Å²) in [7, 11) is 0. The Hall–Kier alpha value is -1.45. The summed E-state index contributed by atoms with van der Waals surface area (Å²) < 4.78 is 12.4. The van der Waals surface area contributed by atoms with E-state index >= 15 is 0 Å². The molecule has 0 atom stereocenters. The molecule has 3 nitrogen and oxygen atoms in total. The number of nitrogens with two attached hydrogens (primary N) is 1. The van der Waals surface area contributed by atoms with Crippen molar-refractivity contribution in [2.75, 3.05) is 5.73 Å². The molecule has 0 unspecified atom stereocenters. The van der Waals surface area contributed by atoms with Crippen molar-refractivity contribution in [3.63, 3.8) is 0 Å². The largest absolute Gasteiger partial charge is 0.397 e. The van der Waals surface area contributed by atoms with Crippen molar-refractivity contribution in [1.82, 2.24) is 4.98 Å². The molecule has 4 heteroatoms. The molecule has 0 saturated heterocycles. The standard InChI is InChI=1S/C7H7FN2O/c1-4(11)5-2-7(8)10-3-6(5)9/h2-3H,9H2,1H3. The van der Waals surface area contributed by atoms with Crippen LogP contribution in [0.25, 0.3) is 0 Å². The molecular formula is C7H7FN2O. The lowest BCUT2D eigenvalue weighted by Gasteiger charge is -1.98. The van der Waals surface area contributed by atoms with E-state index in [0.29, 0.717) is 0 Å². The maximum atomic E-state index is 12.4. The summed E-state index contributed by atoms with van der Waals surface area (Å²) in [5.74, 6) is -0.951. The van der Waals surface area contributed by atoms with E-state index < -0.39 is 5.95 Å². The molecule has 1 rings (SSSR count). The van der Waals surface area contributed by atoms with Crippen LogP contribution in [-0.4, -0.2) is 10.8 Å². The van der Waals surface area contributed by atoms with Crippen LogP contribution in [0, 0.1) is 5.95 Å². The molecule has 0 aliphatic carbocycles. The van der Waals surface area contributed by atoms with Crippen molar-refractivity contribution >= 4 is 11.5 Å². The maximum absolute atomic E-state index is 12.4. The maximum Gasteiger partial charge on any atom is 0.213 e. The normalized spacial score (nSPS) is 9.64. The van der Waals surface area contributed by atoms with Gasteiger partial charge in [-0.2, -0.15) is 4.39 Å². The van der Waals surface area contributed by atoms with Crippen LogP contribution < -0.4 is 5.73 Å². The van der Waals surface area contributed by atoms with Gasteiger partial charge in [0, 0.05) is 11.6 Å². The second kappa shape index (κ2) is 2.65. The number of nitrogen functional groups attached to an aromatic ring is 1. The monoisotopic (exact) mass is 154 g/mol. The van der Waals surface area contributed by atoms with E-state index in [0.717, 1.165) is 12.3 Å². The number of hydrogen-bond donors (Lipinski definition) is 1. The first-order valence-electron chi connectivity index (χ1n) is 3.03. The number of carbonyl (C=O) groups is 1. The van der Waals surface area contributed by atoms with E-state index in [4.69, 9.17) is 5.73 Å². The van der Waals surface area contributed by atoms with E-state index in [1.807, 2.05) is 0 Å². The fourth-order valence-corrected chi connectivity index (χ4v) is 0.745. The Morgan fingerprint density at radius 2 is 2.36 bits per heavy atom. The minimum atomic E-state index is -0.690. The summed E-state index contributed by atoms with van der Waals surface area (Å²) in [5.41, 5.74) is 5.73. The first kappa shape index (κ1) is 7.65. The number of nitrogens with zero attached hydrogens (tertiary/aromatic N) is 1. The van der Waals surface area contributed by atoms with Gasteiger partial charge in [0.25, 0.3) is 0 Å². The van der Waals surface area contributed by atoms with Crippen LogP contribution in [-0.2, 0) is 0 Å². The Labute approximate surface area is 63.0 Å². The van der Waals surface area contributed by atoms with E-state index in [1.54, 1.807) is 0 Å². The molecule has 0 spiro atoms. The third-order valence-electron chi connectivity index (χ3n) is 1.28. The lowest BCUT2D eigenvalue weighted by Crippen LogP contribution is -2.01. The topological polar surface area (TPSA) is 56.0 Å². The molecule has 0 aromatic carbocycles. The predicted octanol–water partition coefficient (Wildman–Crippen LogP) is 1.01. The molecule has 1 heterocycles. The molecule has 58 valence electrons. The SMILES string of the molecule is CC(=O)c1cc(F)ncc1N. The highest BCUT2D eigenvalue weighted by atomic mass is 19.1. The van der Waals surface area contributed by atoms with Gasteiger partial charge in [-0.05, 0) is 6.92 Å². The van der Waals surface area contributed by atoms with Gasteiger partial charge in [0.1, 0.15) is 0 Å². The number of hydrogen-bond acceptors (Lipinski definition) is 3. The van der Waals surface area contributed by atoms with Gasteiger partial charge in [-0.1, -0.05) is 0 Å². The smallest absolute Gasteiger partial charge is 0.213 e. The van der Waals surface area contributed by atoms with Gasteiger partial charge in [0.05, 0.1) is 11.9 Å². The first-order valence-corrected chi connectivity index (χ1v) is 3.03. The fraction of sp³-hybridized carbons (Fsp3) is 0.143. The van der Waals surface area contributed by atoms with Crippen LogP contribution >= 0.6 is 0 Å². The van der Waals surface area contributed by atoms with E-state index in [-0.39, 0.29) is 17.0 Å². The molecule has 0 aliphatic heterocycles. The number of aromatic nitrogens is 1. The number of rotatable bonds is 1. The Morgan fingerprint density at radius 3 is 2.82 bits per heavy atom. The van der Waals surface area contributed by atoms with Gasteiger partial charge in [0.15, 0.2) is 5.78 Å². The van der Waals surface area contributed by atoms with Crippen LogP contribution in [0.1, 0.15) is 17.3 Å². The first-order chi connectivity index (χ1) is 5.11. The summed E-state index contributed by atoms with van der Waals surface area (Å²) in [6.45, 7) is 1.32. The zero-order chi connectivity index (χ0) is 8.43. The van der Waals surface area contributed by atoms with E-state index in [9.17, 15) is 9.18 Å². The number of carbonyl (C=O) groups excluding carboxylic acids is 1. The summed E-state index contributed by atoms with van der Waals surface area (Å²) in [6, 6.07) is 1.03. The average Bonchev–Trinajstić information content (AvgIpc) is 1.94. The van der Waals surface area contributed by atoms with Crippen molar-refractivity contribution in [1.29, 1.82) is 0 Å². The van der Waals surface area contributed by atoms with Crippen molar-refractivity contribution in [3.05, 3.63) is 23.8 Å². The molecule has 2 N–H and O–H groups in total. The fourth-order valence-electron chi connectivity index (χ4n) is 0.745. The Kier molecular flexibility index (Phi) is 1.85. The average molecular weight is 154 g/mol. The van der Waals surface area contributed by atoms with Crippen molar-refractivity contribution in [3.8, 4) is 0 Å². The third-order valence-corrected chi connectivity index (χ3v) is 1.28. The van der Waals surface area contributed by atoms with Crippen LogP contribution in [0.15, 0.2) is 12.3 Å². The Morgan fingerprint density at radius 1 is 1.73 bits per heavy atom. The summed E-state index contributed by atoms with van der Waals surface area (Å²) >= 11 is 0. The van der Waals surface area contributed by atoms with Crippen LogP contribution in [0.5, 0.6) is 0 Å². The summed E-state index contributed by atoms with van der Waals surface area (Å²) in [5, 5.41) is 0. The van der Waals surface area contributed by atoms with Gasteiger partial charge in [-0.3, -0.25) is 4.79 Å². The van der Waals surface area contributed by atoms with E-state index in [1.165, 1.54) is 6.92 Å². The molecule has 1 aromatic heterocycles. The zero-order valence-electron chi connectivity index (χ0n) is 5.97. The summed E-state index contributed by atoms with van der Waals surface area (Å²) in [6.07, 6.45) is 1.13. The summed E-state index contributed by atoms with van der Waals surface area (Å²) in [4.78, 5) is 14.0. The van der Waals surface area contributed by atoms with Crippen LogP contribution in [0.2, 0.25) is 0 Å².